The molecule has 0 aliphatic rings. The molecular formula is C13H28O8Si2. The zero-order valence-corrected chi connectivity index (χ0v) is 16.7. The maximum atomic E-state index is 11.1. The van der Waals surface area contributed by atoms with Gasteiger partial charge in [0.25, 0.3) is 0 Å². The number of rotatable bonds is 13. The Morgan fingerprint density at radius 2 is 1.30 bits per heavy atom. The van der Waals surface area contributed by atoms with Gasteiger partial charge >= 0.3 is 23.6 Å². The first-order valence-electron chi connectivity index (χ1n) is 7.05. The predicted octanol–water partition coefficient (Wildman–Crippen LogP) is 1.16. The first-order chi connectivity index (χ1) is 11.0. The molecule has 8 nitrogen and oxygen atoms in total. The summed E-state index contributed by atoms with van der Waals surface area (Å²) in [5.74, 6) is -0.469. The van der Waals surface area contributed by atoms with Crippen LogP contribution in [0.2, 0.25) is 5.16 Å². The normalized spacial score (nSPS) is 12.5. The Morgan fingerprint density at radius 3 is 1.61 bits per heavy atom. The summed E-state index contributed by atoms with van der Waals surface area (Å²) in [6.07, 6.45) is 2.18. The molecule has 10 heteroatoms. The summed E-state index contributed by atoms with van der Waals surface area (Å²) in [5.41, 5.74) is 0. The Hall–Kier alpha value is -0.596. The van der Waals surface area contributed by atoms with E-state index in [1.165, 1.54) is 42.7 Å². The molecule has 0 amide bonds. The number of hydrogen-bond acceptors (Lipinski definition) is 8. The van der Waals surface area contributed by atoms with Crippen LogP contribution in [0, 0.1) is 0 Å². The molecule has 0 aromatic rings. The molecule has 0 radical (unpaired) electrons. The largest absolute Gasteiger partial charge is 0.507 e. The molecule has 0 aromatic heterocycles. The number of carbonyl (C=O) groups is 1. The molecule has 0 aliphatic carbocycles. The van der Waals surface area contributed by atoms with Crippen molar-refractivity contribution in [3.63, 3.8) is 0 Å². The SMILES string of the molecule is C=CC(=O)OCCCC([Si](OC)(OC)OC)[Si](OC)(OC)OC. The van der Waals surface area contributed by atoms with Crippen molar-refractivity contribution in [1.82, 2.24) is 0 Å². The highest BCUT2D eigenvalue weighted by Gasteiger charge is 2.63. The van der Waals surface area contributed by atoms with E-state index in [9.17, 15) is 4.79 Å². The fourth-order valence-electron chi connectivity index (χ4n) is 2.44. The minimum absolute atomic E-state index is 0.227. The van der Waals surface area contributed by atoms with Crippen LogP contribution >= 0.6 is 0 Å². The van der Waals surface area contributed by atoms with Gasteiger partial charge in [-0.2, -0.15) is 0 Å². The molecular weight excluding hydrogens is 340 g/mol. The van der Waals surface area contributed by atoms with E-state index in [4.69, 9.17) is 31.3 Å². The minimum atomic E-state index is -3.10. The second-order valence-corrected chi connectivity index (χ2v) is 11.3. The smallest absolute Gasteiger partial charge is 0.463 e. The number of hydrogen-bond donors (Lipinski definition) is 0. The Kier molecular flexibility index (Phi) is 10.8. The van der Waals surface area contributed by atoms with Crippen molar-refractivity contribution in [3.8, 4) is 0 Å². The fourth-order valence-corrected chi connectivity index (χ4v) is 10.1. The first kappa shape index (κ1) is 22.4. The maximum Gasteiger partial charge on any atom is 0.507 e. The Bertz CT molecular complexity index is 321. The Morgan fingerprint density at radius 1 is 0.913 bits per heavy atom. The van der Waals surface area contributed by atoms with Gasteiger partial charge in [-0.3, -0.25) is 0 Å². The van der Waals surface area contributed by atoms with E-state index >= 15 is 0 Å². The van der Waals surface area contributed by atoms with Crippen molar-refractivity contribution >= 4 is 23.6 Å². The van der Waals surface area contributed by atoms with Gasteiger partial charge in [0.05, 0.1) is 11.8 Å². The third-order valence-corrected chi connectivity index (χ3v) is 11.4. The van der Waals surface area contributed by atoms with E-state index in [1.54, 1.807) is 0 Å². The highest BCUT2D eigenvalue weighted by Crippen LogP contribution is 2.38. The molecule has 0 saturated heterocycles. The summed E-state index contributed by atoms with van der Waals surface area (Å²) in [6.45, 7) is 3.58. The molecule has 0 bridgehead atoms. The summed E-state index contributed by atoms with van der Waals surface area (Å²) in [7, 11) is 2.90. The third kappa shape index (κ3) is 5.46. The van der Waals surface area contributed by atoms with Gasteiger partial charge < -0.3 is 31.3 Å². The molecule has 0 aromatic carbocycles. The second kappa shape index (κ2) is 11.0. The molecule has 0 atom stereocenters. The average molecular weight is 369 g/mol. The van der Waals surface area contributed by atoms with Crippen LogP contribution in [0.15, 0.2) is 12.7 Å². The van der Waals surface area contributed by atoms with E-state index in [2.05, 4.69) is 6.58 Å². The Labute approximate surface area is 140 Å². The van der Waals surface area contributed by atoms with Crippen molar-refractivity contribution in [2.24, 2.45) is 0 Å². The summed E-state index contributed by atoms with van der Waals surface area (Å²) >= 11 is 0. The molecule has 136 valence electrons. The molecule has 0 spiro atoms. The summed E-state index contributed by atoms with van der Waals surface area (Å²) in [6, 6.07) is 0. The topological polar surface area (TPSA) is 81.7 Å². The van der Waals surface area contributed by atoms with Crippen LogP contribution in [0.5, 0.6) is 0 Å². The van der Waals surface area contributed by atoms with E-state index in [0.29, 0.717) is 12.8 Å². The van der Waals surface area contributed by atoms with Gasteiger partial charge in [0, 0.05) is 48.7 Å². The van der Waals surface area contributed by atoms with E-state index in [1.807, 2.05) is 0 Å². The lowest BCUT2D eigenvalue weighted by Gasteiger charge is -2.39. The monoisotopic (exact) mass is 368 g/mol. The highest BCUT2D eigenvalue weighted by atomic mass is 28.5. The molecule has 0 fully saturated rings. The zero-order chi connectivity index (χ0) is 17.9. The summed E-state index contributed by atoms with van der Waals surface area (Å²) < 4.78 is 38.4. The number of esters is 1. The van der Waals surface area contributed by atoms with Crippen molar-refractivity contribution in [2.75, 3.05) is 49.3 Å². The number of carbonyl (C=O) groups excluding carboxylic acids is 1. The maximum absolute atomic E-state index is 11.1. The van der Waals surface area contributed by atoms with Gasteiger partial charge in [-0.15, -0.1) is 0 Å². The fraction of sp³-hybridized carbons (Fsp3) is 0.769. The van der Waals surface area contributed by atoms with Gasteiger partial charge in [-0.25, -0.2) is 4.79 Å². The Balaban J connectivity index is 5.29. The van der Waals surface area contributed by atoms with Crippen LogP contribution in [-0.2, 0) is 36.1 Å². The molecule has 0 N–H and O–H groups in total. The highest BCUT2D eigenvalue weighted by molar-refractivity contribution is 6.82. The molecule has 0 rings (SSSR count). The van der Waals surface area contributed by atoms with Crippen molar-refractivity contribution in [3.05, 3.63) is 12.7 Å². The lowest BCUT2D eigenvalue weighted by atomic mass is 10.3. The van der Waals surface area contributed by atoms with Crippen LogP contribution in [0.1, 0.15) is 12.8 Å². The summed E-state index contributed by atoms with van der Waals surface area (Å²) in [5, 5.41) is -0.363. The van der Waals surface area contributed by atoms with Gasteiger partial charge in [-0.05, 0) is 12.8 Å². The molecule has 0 unspecified atom stereocenters. The van der Waals surface area contributed by atoms with E-state index in [0.717, 1.165) is 6.08 Å². The van der Waals surface area contributed by atoms with Crippen LogP contribution in [-0.4, -0.2) is 72.8 Å². The number of ether oxygens (including phenoxy) is 1. The lowest BCUT2D eigenvalue weighted by molar-refractivity contribution is -0.137. The predicted molar refractivity (Wildman–Crippen MR) is 87.7 cm³/mol. The molecule has 0 saturated carbocycles. The van der Waals surface area contributed by atoms with Crippen molar-refractivity contribution in [2.45, 2.75) is 18.0 Å². The molecule has 0 heterocycles. The zero-order valence-electron chi connectivity index (χ0n) is 14.7. The quantitative estimate of drug-likeness (QED) is 0.207. The third-order valence-electron chi connectivity index (χ3n) is 3.61. The van der Waals surface area contributed by atoms with E-state index in [-0.39, 0.29) is 11.8 Å². The van der Waals surface area contributed by atoms with Gasteiger partial charge in [0.2, 0.25) is 0 Å². The van der Waals surface area contributed by atoms with Gasteiger partial charge in [-0.1, -0.05) is 6.58 Å². The van der Waals surface area contributed by atoms with Crippen LogP contribution in [0.25, 0.3) is 0 Å². The minimum Gasteiger partial charge on any atom is -0.463 e. The van der Waals surface area contributed by atoms with Crippen molar-refractivity contribution in [1.29, 1.82) is 0 Å². The van der Waals surface area contributed by atoms with Crippen LogP contribution in [0.3, 0.4) is 0 Å². The lowest BCUT2D eigenvalue weighted by Crippen LogP contribution is -2.62. The summed E-state index contributed by atoms with van der Waals surface area (Å²) in [4.78, 5) is 11.1. The van der Waals surface area contributed by atoms with Crippen LogP contribution in [0.4, 0.5) is 0 Å². The molecule has 23 heavy (non-hydrogen) atoms. The molecule has 0 aliphatic heterocycles. The van der Waals surface area contributed by atoms with Gasteiger partial charge in [0.1, 0.15) is 0 Å². The van der Waals surface area contributed by atoms with E-state index < -0.39 is 23.6 Å². The van der Waals surface area contributed by atoms with Gasteiger partial charge in [0.15, 0.2) is 0 Å². The standard InChI is InChI=1S/C13H28O8Si2/c1-8-12(14)21-11-9-10-13(22(15-2,16-3)17-4)23(18-5,19-6)20-7/h8,13H,1,9-11H2,2-7H3. The second-order valence-electron chi connectivity index (χ2n) is 4.50. The first-order valence-corrected chi connectivity index (χ1v) is 10.7. The average Bonchev–Trinajstić information content (AvgIpc) is 2.61. The van der Waals surface area contributed by atoms with Crippen molar-refractivity contribution < 1.29 is 36.1 Å². The van der Waals surface area contributed by atoms with Crippen LogP contribution < -0.4 is 0 Å².